The number of amides is 3. The van der Waals surface area contributed by atoms with Crippen LogP contribution >= 0.6 is 0 Å². The van der Waals surface area contributed by atoms with Gasteiger partial charge in [-0.3, -0.25) is 14.4 Å². The molecule has 0 aromatic heterocycles. The normalized spacial score (nSPS) is 18.9. The van der Waals surface area contributed by atoms with Gasteiger partial charge in [-0.2, -0.15) is 0 Å². The van der Waals surface area contributed by atoms with E-state index in [0.717, 1.165) is 0 Å². The van der Waals surface area contributed by atoms with E-state index in [-0.39, 0.29) is 30.2 Å². The molecule has 0 spiro atoms. The summed E-state index contributed by atoms with van der Waals surface area (Å²) in [6.45, 7) is 1.15. The third kappa shape index (κ3) is 5.13. The Hall–Kier alpha value is -1.63. The molecule has 3 amide bonds. The van der Waals surface area contributed by atoms with Crippen molar-refractivity contribution >= 4 is 17.7 Å². The van der Waals surface area contributed by atoms with Crippen LogP contribution in [0.5, 0.6) is 0 Å². The van der Waals surface area contributed by atoms with Crippen LogP contribution in [0.4, 0.5) is 0 Å². The Labute approximate surface area is 106 Å². The third-order valence-electron chi connectivity index (χ3n) is 2.69. The lowest BCUT2D eigenvalue weighted by atomic mass is 9.98. The van der Waals surface area contributed by atoms with Gasteiger partial charge in [-0.05, 0) is 6.42 Å². The van der Waals surface area contributed by atoms with Gasteiger partial charge in [0.1, 0.15) is 0 Å². The van der Waals surface area contributed by atoms with Gasteiger partial charge in [0.2, 0.25) is 17.7 Å². The number of carbonyl (C=O) groups is 3. The second-order valence-electron chi connectivity index (χ2n) is 4.10. The Bertz CT molecular complexity index is 309. The average molecular weight is 257 g/mol. The molecule has 0 aromatic rings. The van der Waals surface area contributed by atoms with Gasteiger partial charge in [0, 0.05) is 26.6 Å². The number of rotatable bonds is 6. The monoisotopic (exact) mass is 257 g/mol. The number of carbonyl (C=O) groups excluding carboxylic acids is 3. The maximum atomic E-state index is 11.7. The number of nitrogens with one attached hydrogen (secondary N) is 3. The van der Waals surface area contributed by atoms with E-state index >= 15 is 0 Å². The summed E-state index contributed by atoms with van der Waals surface area (Å²) in [5, 5.41) is 7.78. The molecule has 1 rings (SSSR count). The fraction of sp³-hybridized carbons (Fsp3) is 0.727. The zero-order valence-electron chi connectivity index (χ0n) is 10.5. The number of ether oxygens (including phenoxy) is 1. The minimum Gasteiger partial charge on any atom is -0.383 e. The van der Waals surface area contributed by atoms with Crippen molar-refractivity contribution in [3.63, 3.8) is 0 Å². The van der Waals surface area contributed by atoms with Gasteiger partial charge in [0.05, 0.1) is 19.1 Å². The van der Waals surface area contributed by atoms with Crippen LogP contribution in [0.1, 0.15) is 12.8 Å². The fourth-order valence-corrected chi connectivity index (χ4v) is 1.62. The molecule has 0 radical (unpaired) electrons. The summed E-state index contributed by atoms with van der Waals surface area (Å²) < 4.78 is 4.78. The molecule has 3 N–H and O–H groups in total. The van der Waals surface area contributed by atoms with E-state index in [0.29, 0.717) is 32.5 Å². The SMILES string of the molecule is COCCNC(=O)CNC(=O)C1CCC(=O)NC1. The molecule has 1 fully saturated rings. The minimum absolute atomic E-state index is 0.0311. The Kier molecular flexibility index (Phi) is 6.13. The Morgan fingerprint density at radius 3 is 2.83 bits per heavy atom. The smallest absolute Gasteiger partial charge is 0.239 e. The van der Waals surface area contributed by atoms with E-state index < -0.39 is 0 Å². The van der Waals surface area contributed by atoms with Crippen molar-refractivity contribution < 1.29 is 19.1 Å². The quantitative estimate of drug-likeness (QED) is 0.499. The molecule has 7 heteroatoms. The molecule has 1 atom stereocenters. The summed E-state index contributed by atoms with van der Waals surface area (Å²) in [7, 11) is 1.55. The largest absolute Gasteiger partial charge is 0.383 e. The van der Waals surface area contributed by atoms with Crippen molar-refractivity contribution in [1.29, 1.82) is 0 Å². The molecule has 0 aliphatic carbocycles. The Morgan fingerprint density at radius 2 is 2.22 bits per heavy atom. The van der Waals surface area contributed by atoms with Crippen LogP contribution in [0, 0.1) is 5.92 Å². The molecule has 0 bridgehead atoms. The first-order valence-corrected chi connectivity index (χ1v) is 5.93. The molecule has 1 heterocycles. The molecular formula is C11H19N3O4. The maximum absolute atomic E-state index is 11.7. The van der Waals surface area contributed by atoms with E-state index in [1.807, 2.05) is 0 Å². The summed E-state index contributed by atoms with van der Waals surface area (Å²) in [6.07, 6.45) is 0.890. The van der Waals surface area contributed by atoms with Crippen molar-refractivity contribution in [3.05, 3.63) is 0 Å². The van der Waals surface area contributed by atoms with Crippen LogP contribution in [0.25, 0.3) is 0 Å². The summed E-state index contributed by atoms with van der Waals surface area (Å²) in [6, 6.07) is 0. The predicted molar refractivity (Wildman–Crippen MR) is 63.6 cm³/mol. The lowest BCUT2D eigenvalue weighted by Gasteiger charge is -2.21. The van der Waals surface area contributed by atoms with Crippen LogP contribution in [0.2, 0.25) is 0 Å². The van der Waals surface area contributed by atoms with E-state index in [1.165, 1.54) is 0 Å². The Morgan fingerprint density at radius 1 is 1.44 bits per heavy atom. The molecule has 102 valence electrons. The highest BCUT2D eigenvalue weighted by atomic mass is 16.5. The van der Waals surface area contributed by atoms with E-state index in [1.54, 1.807) is 7.11 Å². The first-order chi connectivity index (χ1) is 8.63. The minimum atomic E-state index is -0.250. The van der Waals surface area contributed by atoms with Crippen molar-refractivity contribution in [1.82, 2.24) is 16.0 Å². The zero-order chi connectivity index (χ0) is 13.4. The zero-order valence-corrected chi connectivity index (χ0v) is 10.5. The van der Waals surface area contributed by atoms with Crippen molar-refractivity contribution in [2.45, 2.75) is 12.8 Å². The van der Waals surface area contributed by atoms with Gasteiger partial charge in [0.15, 0.2) is 0 Å². The van der Waals surface area contributed by atoms with Crippen LogP contribution < -0.4 is 16.0 Å². The topological polar surface area (TPSA) is 96.5 Å². The van der Waals surface area contributed by atoms with Gasteiger partial charge >= 0.3 is 0 Å². The summed E-state index contributed by atoms with van der Waals surface area (Å²) in [5.74, 6) is -0.719. The first kappa shape index (κ1) is 14.4. The van der Waals surface area contributed by atoms with Crippen molar-refractivity contribution in [2.75, 3.05) is 33.4 Å². The Balaban J connectivity index is 2.16. The standard InChI is InChI=1S/C11H19N3O4/c1-18-5-4-12-10(16)7-14-11(17)8-2-3-9(15)13-6-8/h8H,2-7H2,1H3,(H,12,16)(H,13,15)(H,14,17). The molecule has 1 saturated heterocycles. The lowest BCUT2D eigenvalue weighted by molar-refractivity contribution is -0.131. The van der Waals surface area contributed by atoms with Gasteiger partial charge in [-0.15, -0.1) is 0 Å². The van der Waals surface area contributed by atoms with Gasteiger partial charge in [-0.1, -0.05) is 0 Å². The van der Waals surface area contributed by atoms with Gasteiger partial charge < -0.3 is 20.7 Å². The van der Waals surface area contributed by atoms with E-state index in [9.17, 15) is 14.4 Å². The predicted octanol–water partition coefficient (Wildman–Crippen LogP) is -1.61. The number of methoxy groups -OCH3 is 1. The van der Waals surface area contributed by atoms with E-state index in [2.05, 4.69) is 16.0 Å². The lowest BCUT2D eigenvalue weighted by Crippen LogP contribution is -2.45. The molecule has 18 heavy (non-hydrogen) atoms. The molecular weight excluding hydrogens is 238 g/mol. The van der Waals surface area contributed by atoms with Crippen LogP contribution in [-0.4, -0.2) is 51.1 Å². The fourth-order valence-electron chi connectivity index (χ4n) is 1.62. The van der Waals surface area contributed by atoms with E-state index in [4.69, 9.17) is 4.74 Å². The highest BCUT2D eigenvalue weighted by molar-refractivity contribution is 5.87. The number of hydrogen-bond donors (Lipinski definition) is 3. The number of hydrogen-bond acceptors (Lipinski definition) is 4. The van der Waals surface area contributed by atoms with Crippen molar-refractivity contribution in [2.24, 2.45) is 5.92 Å². The molecule has 1 aliphatic heterocycles. The second kappa shape index (κ2) is 7.65. The highest BCUT2D eigenvalue weighted by Gasteiger charge is 2.24. The molecule has 0 saturated carbocycles. The maximum Gasteiger partial charge on any atom is 0.239 e. The third-order valence-corrected chi connectivity index (χ3v) is 2.69. The molecule has 1 unspecified atom stereocenters. The van der Waals surface area contributed by atoms with Gasteiger partial charge in [0.25, 0.3) is 0 Å². The van der Waals surface area contributed by atoms with Crippen LogP contribution in [0.3, 0.4) is 0 Å². The van der Waals surface area contributed by atoms with Crippen LogP contribution in [0.15, 0.2) is 0 Å². The second-order valence-corrected chi connectivity index (χ2v) is 4.10. The summed E-state index contributed by atoms with van der Waals surface area (Å²) in [5.41, 5.74) is 0. The molecule has 7 nitrogen and oxygen atoms in total. The summed E-state index contributed by atoms with van der Waals surface area (Å²) in [4.78, 5) is 33.9. The molecule has 1 aliphatic rings. The van der Waals surface area contributed by atoms with Crippen molar-refractivity contribution in [3.8, 4) is 0 Å². The molecule has 0 aromatic carbocycles. The average Bonchev–Trinajstić information content (AvgIpc) is 2.37. The summed E-state index contributed by atoms with van der Waals surface area (Å²) >= 11 is 0. The van der Waals surface area contributed by atoms with Crippen LogP contribution in [-0.2, 0) is 19.1 Å². The number of piperidine rings is 1. The van der Waals surface area contributed by atoms with Gasteiger partial charge in [-0.25, -0.2) is 0 Å². The highest BCUT2D eigenvalue weighted by Crippen LogP contribution is 2.10. The first-order valence-electron chi connectivity index (χ1n) is 5.93.